The number of fused-ring (bicyclic) bond motifs is 1. The molecule has 110 valence electrons. The van der Waals surface area contributed by atoms with E-state index < -0.39 is 0 Å². The highest BCUT2D eigenvalue weighted by Gasteiger charge is 2.12. The van der Waals surface area contributed by atoms with Crippen LogP contribution in [0.3, 0.4) is 0 Å². The number of nitrogens with one attached hydrogen (secondary N) is 2. The van der Waals surface area contributed by atoms with Crippen LogP contribution in [-0.2, 0) is 4.74 Å². The fourth-order valence-electron chi connectivity index (χ4n) is 1.81. The maximum atomic E-state index is 12.0. The van der Waals surface area contributed by atoms with Crippen molar-refractivity contribution in [3.05, 3.63) is 36.1 Å². The van der Waals surface area contributed by atoms with Gasteiger partial charge in [0, 0.05) is 32.1 Å². The van der Waals surface area contributed by atoms with Crippen LogP contribution in [0, 0.1) is 0 Å². The smallest absolute Gasteiger partial charge is 0.255 e. The Kier molecular flexibility index (Phi) is 7.08. The van der Waals surface area contributed by atoms with Crippen molar-refractivity contribution in [2.45, 2.75) is 0 Å². The molecule has 1 amide bonds. The quantitative estimate of drug-likeness (QED) is 0.766. The van der Waals surface area contributed by atoms with Crippen molar-refractivity contribution in [3.8, 4) is 0 Å². The molecule has 0 unspecified atom stereocenters. The molecule has 1 aromatic carbocycles. The number of furan rings is 1. The number of para-hydroxylation sites is 1. The maximum absolute atomic E-state index is 12.0. The lowest BCUT2D eigenvalue weighted by Gasteiger charge is -2.05. The van der Waals surface area contributed by atoms with Gasteiger partial charge < -0.3 is 19.8 Å². The summed E-state index contributed by atoms with van der Waals surface area (Å²) in [6, 6.07) is 7.50. The number of hydrogen-bond donors (Lipinski definition) is 2. The standard InChI is InChI=1S/C14H18N2O3.ClH/c1-18-9-8-15-6-7-16-14(17)12-10-19-13-5-3-2-4-11(12)13;/h2-5,10,15H,6-9H2,1H3,(H,16,17);1H. The van der Waals surface area contributed by atoms with Gasteiger partial charge in [0.05, 0.1) is 12.2 Å². The van der Waals surface area contributed by atoms with E-state index in [0.29, 0.717) is 25.3 Å². The van der Waals surface area contributed by atoms with Gasteiger partial charge in [0.15, 0.2) is 0 Å². The summed E-state index contributed by atoms with van der Waals surface area (Å²) in [5.41, 5.74) is 1.30. The van der Waals surface area contributed by atoms with Gasteiger partial charge in [0.25, 0.3) is 5.91 Å². The summed E-state index contributed by atoms with van der Waals surface area (Å²) < 4.78 is 10.3. The zero-order valence-corrected chi connectivity index (χ0v) is 12.2. The second-order valence-electron chi connectivity index (χ2n) is 4.14. The van der Waals surface area contributed by atoms with Crippen molar-refractivity contribution in [3.63, 3.8) is 0 Å². The van der Waals surface area contributed by atoms with E-state index in [1.54, 1.807) is 7.11 Å². The first-order valence-corrected chi connectivity index (χ1v) is 6.27. The number of hydrogen-bond acceptors (Lipinski definition) is 4. The number of rotatable bonds is 7. The van der Waals surface area contributed by atoms with E-state index in [9.17, 15) is 4.79 Å². The van der Waals surface area contributed by atoms with Gasteiger partial charge in [-0.3, -0.25) is 4.79 Å². The Morgan fingerprint density at radius 2 is 2.05 bits per heavy atom. The zero-order valence-electron chi connectivity index (χ0n) is 11.3. The summed E-state index contributed by atoms with van der Waals surface area (Å²) >= 11 is 0. The van der Waals surface area contributed by atoms with E-state index in [-0.39, 0.29) is 18.3 Å². The highest BCUT2D eigenvalue weighted by atomic mass is 35.5. The van der Waals surface area contributed by atoms with Crippen LogP contribution in [0.25, 0.3) is 11.0 Å². The summed E-state index contributed by atoms with van der Waals surface area (Å²) in [5.74, 6) is -0.113. The van der Waals surface area contributed by atoms with E-state index >= 15 is 0 Å². The predicted octanol–water partition coefficient (Wildman–Crippen LogP) is 1.82. The monoisotopic (exact) mass is 298 g/mol. The zero-order chi connectivity index (χ0) is 13.5. The van der Waals surface area contributed by atoms with Crippen molar-refractivity contribution in [2.24, 2.45) is 0 Å². The SMILES string of the molecule is COCCNCCNC(=O)c1coc2ccccc12.Cl. The number of ether oxygens (including phenoxy) is 1. The van der Waals surface area contributed by atoms with Crippen molar-refractivity contribution >= 4 is 29.3 Å². The van der Waals surface area contributed by atoms with Gasteiger partial charge in [-0.1, -0.05) is 18.2 Å². The summed E-state index contributed by atoms with van der Waals surface area (Å²) in [4.78, 5) is 12.0. The first kappa shape index (κ1) is 16.5. The van der Waals surface area contributed by atoms with Gasteiger partial charge in [-0.25, -0.2) is 0 Å². The van der Waals surface area contributed by atoms with Crippen LogP contribution in [0.4, 0.5) is 0 Å². The molecule has 0 aliphatic rings. The molecule has 20 heavy (non-hydrogen) atoms. The van der Waals surface area contributed by atoms with Gasteiger partial charge >= 0.3 is 0 Å². The third-order valence-corrected chi connectivity index (χ3v) is 2.80. The normalized spacial score (nSPS) is 10.2. The topological polar surface area (TPSA) is 63.5 Å². The average molecular weight is 299 g/mol. The molecule has 2 rings (SSSR count). The van der Waals surface area contributed by atoms with E-state index in [2.05, 4.69) is 10.6 Å². The molecule has 5 nitrogen and oxygen atoms in total. The molecular weight excluding hydrogens is 280 g/mol. The Morgan fingerprint density at radius 3 is 2.85 bits per heavy atom. The van der Waals surface area contributed by atoms with Gasteiger partial charge in [-0.2, -0.15) is 0 Å². The molecule has 0 atom stereocenters. The van der Waals surface area contributed by atoms with Gasteiger partial charge in [0.1, 0.15) is 11.8 Å². The highest BCUT2D eigenvalue weighted by Crippen LogP contribution is 2.20. The molecule has 0 aliphatic heterocycles. The predicted molar refractivity (Wildman–Crippen MR) is 80.5 cm³/mol. The van der Waals surface area contributed by atoms with Crippen molar-refractivity contribution in [2.75, 3.05) is 33.4 Å². The summed E-state index contributed by atoms with van der Waals surface area (Å²) in [7, 11) is 1.66. The molecule has 2 N–H and O–H groups in total. The van der Waals surface area contributed by atoms with E-state index in [1.165, 1.54) is 6.26 Å². The molecule has 1 aromatic heterocycles. The number of methoxy groups -OCH3 is 1. The second kappa shape index (κ2) is 8.58. The molecule has 0 saturated heterocycles. The molecule has 1 heterocycles. The Labute approximate surface area is 124 Å². The fraction of sp³-hybridized carbons (Fsp3) is 0.357. The summed E-state index contributed by atoms with van der Waals surface area (Å²) in [6.45, 7) is 2.73. The highest BCUT2D eigenvalue weighted by molar-refractivity contribution is 6.05. The van der Waals surface area contributed by atoms with Gasteiger partial charge in [-0.05, 0) is 6.07 Å². The Bertz CT molecular complexity index is 542. The van der Waals surface area contributed by atoms with Crippen LogP contribution < -0.4 is 10.6 Å². The number of benzene rings is 1. The Hall–Kier alpha value is -1.56. The number of carbonyl (C=O) groups is 1. The largest absolute Gasteiger partial charge is 0.463 e. The lowest BCUT2D eigenvalue weighted by atomic mass is 10.1. The molecule has 0 saturated carbocycles. The maximum Gasteiger partial charge on any atom is 0.255 e. The Balaban J connectivity index is 0.00000200. The van der Waals surface area contributed by atoms with Gasteiger partial charge in [0.2, 0.25) is 0 Å². The lowest BCUT2D eigenvalue weighted by Crippen LogP contribution is -2.32. The van der Waals surface area contributed by atoms with Crippen molar-refractivity contribution < 1.29 is 13.9 Å². The lowest BCUT2D eigenvalue weighted by molar-refractivity contribution is 0.0954. The molecule has 0 fully saturated rings. The minimum absolute atomic E-state index is 0. The van der Waals surface area contributed by atoms with Crippen LogP contribution in [0.2, 0.25) is 0 Å². The van der Waals surface area contributed by atoms with Crippen LogP contribution in [0.5, 0.6) is 0 Å². The number of halogens is 1. The first-order valence-electron chi connectivity index (χ1n) is 6.27. The molecule has 0 aliphatic carbocycles. The number of carbonyl (C=O) groups excluding carboxylic acids is 1. The van der Waals surface area contributed by atoms with Crippen molar-refractivity contribution in [1.29, 1.82) is 0 Å². The second-order valence-corrected chi connectivity index (χ2v) is 4.14. The van der Waals surface area contributed by atoms with Crippen LogP contribution in [0.15, 0.2) is 34.9 Å². The molecular formula is C14H19ClN2O3. The minimum Gasteiger partial charge on any atom is -0.463 e. The summed E-state index contributed by atoms with van der Waals surface area (Å²) in [5, 5.41) is 6.85. The number of amides is 1. The first-order chi connectivity index (χ1) is 9.33. The molecule has 2 aromatic rings. The van der Waals surface area contributed by atoms with Crippen LogP contribution in [-0.4, -0.2) is 39.3 Å². The molecule has 6 heteroatoms. The minimum atomic E-state index is -0.113. The third kappa shape index (κ3) is 4.23. The summed E-state index contributed by atoms with van der Waals surface area (Å²) in [6.07, 6.45) is 1.50. The fourth-order valence-corrected chi connectivity index (χ4v) is 1.81. The van der Waals surface area contributed by atoms with E-state index in [4.69, 9.17) is 9.15 Å². The molecule has 0 spiro atoms. The van der Waals surface area contributed by atoms with Crippen LogP contribution in [0.1, 0.15) is 10.4 Å². The van der Waals surface area contributed by atoms with Crippen molar-refractivity contribution in [1.82, 2.24) is 10.6 Å². The van der Waals surface area contributed by atoms with E-state index in [0.717, 1.165) is 17.5 Å². The third-order valence-electron chi connectivity index (χ3n) is 2.80. The molecule has 0 radical (unpaired) electrons. The van der Waals surface area contributed by atoms with Crippen LogP contribution >= 0.6 is 12.4 Å². The Morgan fingerprint density at radius 1 is 1.25 bits per heavy atom. The van der Waals surface area contributed by atoms with E-state index in [1.807, 2.05) is 24.3 Å². The van der Waals surface area contributed by atoms with Gasteiger partial charge in [-0.15, -0.1) is 12.4 Å². The average Bonchev–Trinajstić information content (AvgIpc) is 2.86. The molecule has 0 bridgehead atoms.